The molecule has 0 radical (unpaired) electrons. The Morgan fingerprint density at radius 2 is 0.695 bits per heavy atom. The predicted molar refractivity (Wildman–Crippen MR) is 255 cm³/mol. The van der Waals surface area contributed by atoms with E-state index >= 15 is 0 Å². The fraction of sp³-hybridized carbons (Fsp3) is 0.962. The van der Waals surface area contributed by atoms with Crippen LogP contribution < -0.4 is 5.32 Å². The molecular weight excluding hydrogens is 731 g/mol. The highest BCUT2D eigenvalue weighted by Gasteiger charge is 2.20. The molecule has 0 aliphatic carbocycles. The predicted octanol–water partition coefficient (Wildman–Crippen LogP) is 16.0. The fourth-order valence-electron chi connectivity index (χ4n) is 8.52. The number of amides is 1. The van der Waals surface area contributed by atoms with Crippen molar-refractivity contribution in [1.29, 1.82) is 0 Å². The molecule has 0 aliphatic rings. The molecule has 0 rings (SSSR count). The van der Waals surface area contributed by atoms with Crippen molar-refractivity contribution >= 4 is 11.9 Å². The van der Waals surface area contributed by atoms with Crippen molar-refractivity contribution in [3.63, 3.8) is 0 Å². The SMILES string of the molecule is CCCCCCCCCCCCCCCCCCC(O)C(CO)NC(=O)CCCCCCCCCCCCCOC(=O)CCCCCCCCCCCCCCCCC. The number of unbranched alkanes of at least 4 members (excludes halogenated alkanes) is 39. The van der Waals surface area contributed by atoms with Crippen LogP contribution in [0.3, 0.4) is 0 Å². The molecule has 0 fully saturated rings. The molecule has 0 aromatic carbocycles. The Labute approximate surface area is 368 Å². The van der Waals surface area contributed by atoms with E-state index in [0.717, 1.165) is 57.8 Å². The zero-order valence-electron chi connectivity index (χ0n) is 40.0. The average molecular weight is 836 g/mol. The first-order valence-corrected chi connectivity index (χ1v) is 26.8. The lowest BCUT2D eigenvalue weighted by Crippen LogP contribution is -2.45. The van der Waals surface area contributed by atoms with Gasteiger partial charge in [0.15, 0.2) is 0 Å². The van der Waals surface area contributed by atoms with Gasteiger partial charge < -0.3 is 20.3 Å². The number of aliphatic hydroxyl groups is 2. The lowest BCUT2D eigenvalue weighted by molar-refractivity contribution is -0.143. The minimum absolute atomic E-state index is 0.00984. The van der Waals surface area contributed by atoms with E-state index in [0.29, 0.717) is 25.9 Å². The highest BCUT2D eigenvalue weighted by molar-refractivity contribution is 5.76. The summed E-state index contributed by atoms with van der Waals surface area (Å²) in [6, 6.07) is -0.553. The molecule has 0 saturated carbocycles. The van der Waals surface area contributed by atoms with Crippen LogP contribution in [0.2, 0.25) is 0 Å². The van der Waals surface area contributed by atoms with Crippen LogP contribution in [0.25, 0.3) is 0 Å². The molecule has 0 aromatic heterocycles. The van der Waals surface area contributed by atoms with E-state index in [1.165, 1.54) is 212 Å². The Morgan fingerprint density at radius 1 is 0.407 bits per heavy atom. The van der Waals surface area contributed by atoms with Gasteiger partial charge in [0.1, 0.15) is 0 Å². The molecule has 0 aromatic rings. The second-order valence-electron chi connectivity index (χ2n) is 18.6. The molecule has 2 atom stereocenters. The molecule has 59 heavy (non-hydrogen) atoms. The van der Waals surface area contributed by atoms with Gasteiger partial charge in [-0.05, 0) is 25.7 Å². The van der Waals surface area contributed by atoms with E-state index < -0.39 is 12.1 Å². The molecule has 3 N–H and O–H groups in total. The summed E-state index contributed by atoms with van der Waals surface area (Å²) in [5.74, 6) is -0.0607. The molecule has 6 heteroatoms. The van der Waals surface area contributed by atoms with Gasteiger partial charge in [0.25, 0.3) is 0 Å². The Kier molecular flexibility index (Phi) is 48.6. The molecule has 0 aliphatic heterocycles. The van der Waals surface area contributed by atoms with Crippen LogP contribution in [0, 0.1) is 0 Å². The number of esters is 1. The van der Waals surface area contributed by atoms with Gasteiger partial charge in [-0.15, -0.1) is 0 Å². The van der Waals surface area contributed by atoms with Crippen molar-refractivity contribution < 1.29 is 24.5 Å². The third-order valence-corrected chi connectivity index (χ3v) is 12.7. The van der Waals surface area contributed by atoms with Crippen LogP contribution >= 0.6 is 0 Å². The van der Waals surface area contributed by atoms with Crippen molar-refractivity contribution in [2.24, 2.45) is 0 Å². The lowest BCUT2D eigenvalue weighted by atomic mass is 10.0. The van der Waals surface area contributed by atoms with Crippen LogP contribution in [0.15, 0.2) is 0 Å². The second-order valence-corrected chi connectivity index (χ2v) is 18.6. The highest BCUT2D eigenvalue weighted by atomic mass is 16.5. The molecule has 2 unspecified atom stereocenters. The van der Waals surface area contributed by atoms with Gasteiger partial charge in [-0.3, -0.25) is 9.59 Å². The minimum Gasteiger partial charge on any atom is -0.466 e. The Morgan fingerprint density at radius 3 is 1.03 bits per heavy atom. The molecule has 352 valence electrons. The van der Waals surface area contributed by atoms with Gasteiger partial charge in [0.05, 0.1) is 25.4 Å². The number of carbonyl (C=O) groups is 2. The summed E-state index contributed by atoms with van der Waals surface area (Å²) in [4.78, 5) is 24.5. The van der Waals surface area contributed by atoms with Crippen molar-refractivity contribution in [1.82, 2.24) is 5.32 Å². The van der Waals surface area contributed by atoms with Crippen molar-refractivity contribution in [2.75, 3.05) is 13.2 Å². The second kappa shape index (κ2) is 49.5. The fourth-order valence-corrected chi connectivity index (χ4v) is 8.52. The van der Waals surface area contributed by atoms with E-state index in [-0.39, 0.29) is 18.5 Å². The summed E-state index contributed by atoms with van der Waals surface area (Å²) in [5, 5.41) is 23.2. The third kappa shape index (κ3) is 46.2. The van der Waals surface area contributed by atoms with E-state index in [1.807, 2.05) is 0 Å². The topological polar surface area (TPSA) is 95.9 Å². The molecule has 6 nitrogen and oxygen atoms in total. The monoisotopic (exact) mass is 836 g/mol. The summed E-state index contributed by atoms with van der Waals surface area (Å²) < 4.78 is 5.47. The zero-order valence-corrected chi connectivity index (χ0v) is 40.0. The number of ether oxygens (including phenoxy) is 1. The number of carbonyl (C=O) groups excluding carboxylic acids is 2. The Bertz CT molecular complexity index is 837. The zero-order chi connectivity index (χ0) is 43.0. The van der Waals surface area contributed by atoms with Gasteiger partial charge >= 0.3 is 5.97 Å². The van der Waals surface area contributed by atoms with Crippen molar-refractivity contribution in [2.45, 2.75) is 315 Å². The van der Waals surface area contributed by atoms with Gasteiger partial charge in [-0.25, -0.2) is 0 Å². The molecule has 0 spiro atoms. The lowest BCUT2D eigenvalue weighted by Gasteiger charge is -2.22. The Balaban J connectivity index is 3.45. The summed E-state index contributed by atoms with van der Waals surface area (Å²) in [6.45, 7) is 4.93. The van der Waals surface area contributed by atoms with Crippen LogP contribution in [0.1, 0.15) is 303 Å². The van der Waals surface area contributed by atoms with Gasteiger partial charge in [0, 0.05) is 12.8 Å². The molecule has 1 amide bonds. The largest absolute Gasteiger partial charge is 0.466 e. The molecule has 0 saturated heterocycles. The van der Waals surface area contributed by atoms with Gasteiger partial charge in [-0.1, -0.05) is 264 Å². The standard InChI is InChI=1S/C53H105NO5/c1-3-5-7-9-11-13-15-17-19-21-22-25-29-33-37-41-45-51(56)50(49-55)54-52(57)46-42-38-34-30-26-24-28-32-36-40-44-48-59-53(58)47-43-39-35-31-27-23-20-18-16-14-12-10-8-6-4-2/h50-51,55-56H,3-49H2,1-2H3,(H,54,57). The number of hydrogen-bond donors (Lipinski definition) is 3. The number of nitrogens with one attached hydrogen (secondary N) is 1. The highest BCUT2D eigenvalue weighted by Crippen LogP contribution is 2.17. The van der Waals surface area contributed by atoms with Crippen molar-refractivity contribution in [3.8, 4) is 0 Å². The van der Waals surface area contributed by atoms with E-state index in [4.69, 9.17) is 4.74 Å². The maximum absolute atomic E-state index is 12.5. The quantitative estimate of drug-likeness (QED) is 0.0419. The maximum atomic E-state index is 12.5. The van der Waals surface area contributed by atoms with Crippen LogP contribution in [-0.4, -0.2) is 47.4 Å². The first-order chi connectivity index (χ1) is 29.0. The first-order valence-electron chi connectivity index (χ1n) is 26.8. The smallest absolute Gasteiger partial charge is 0.305 e. The van der Waals surface area contributed by atoms with E-state index in [9.17, 15) is 19.8 Å². The third-order valence-electron chi connectivity index (χ3n) is 12.7. The number of hydrogen-bond acceptors (Lipinski definition) is 5. The van der Waals surface area contributed by atoms with E-state index in [2.05, 4.69) is 19.2 Å². The minimum atomic E-state index is -0.674. The van der Waals surface area contributed by atoms with Gasteiger partial charge in [0.2, 0.25) is 5.91 Å². The summed E-state index contributed by atoms with van der Waals surface area (Å²) in [5.41, 5.74) is 0. The van der Waals surface area contributed by atoms with Gasteiger partial charge in [-0.2, -0.15) is 0 Å². The van der Waals surface area contributed by atoms with Crippen LogP contribution in [0.4, 0.5) is 0 Å². The van der Waals surface area contributed by atoms with Crippen LogP contribution in [0.5, 0.6) is 0 Å². The summed E-state index contributed by atoms with van der Waals surface area (Å²) in [6.07, 6.45) is 55.0. The number of aliphatic hydroxyl groups excluding tert-OH is 2. The molecule has 0 bridgehead atoms. The Hall–Kier alpha value is -1.14. The summed E-state index contributed by atoms with van der Waals surface area (Å²) in [7, 11) is 0. The first kappa shape index (κ1) is 57.9. The maximum Gasteiger partial charge on any atom is 0.305 e. The molecule has 0 heterocycles. The van der Waals surface area contributed by atoms with Crippen LogP contribution in [-0.2, 0) is 14.3 Å². The normalized spacial score (nSPS) is 12.5. The average Bonchev–Trinajstić information content (AvgIpc) is 3.24. The summed E-state index contributed by atoms with van der Waals surface area (Å²) >= 11 is 0. The molecular formula is C53H105NO5. The van der Waals surface area contributed by atoms with E-state index in [1.54, 1.807) is 0 Å². The number of rotatable bonds is 50. The van der Waals surface area contributed by atoms with Crippen molar-refractivity contribution in [3.05, 3.63) is 0 Å².